The molecule has 1 aliphatic heterocycles. The Morgan fingerprint density at radius 3 is 2.19 bits per heavy atom. The molecule has 4 N–H and O–H groups in total. The van der Waals surface area contributed by atoms with E-state index in [2.05, 4.69) is 0 Å². The fourth-order valence-corrected chi connectivity index (χ4v) is 3.34. The minimum absolute atomic E-state index is 0.272. The van der Waals surface area contributed by atoms with Crippen LogP contribution in [0.5, 0.6) is 5.75 Å². The molecule has 2 aromatic rings. The molecular weight excluding hydrogens is 407 g/mol. The van der Waals surface area contributed by atoms with Crippen LogP contribution >= 0.6 is 0 Å². The number of aliphatic hydroxyl groups is 4. The van der Waals surface area contributed by atoms with Gasteiger partial charge in [0.15, 0.2) is 6.29 Å². The molecule has 0 bridgehead atoms. The Morgan fingerprint density at radius 1 is 0.839 bits per heavy atom. The Balaban J connectivity index is 1.34. The van der Waals surface area contributed by atoms with Crippen molar-refractivity contribution >= 4 is 0 Å². The van der Waals surface area contributed by atoms with Crippen LogP contribution in [0.25, 0.3) is 0 Å². The van der Waals surface area contributed by atoms with Gasteiger partial charge in [-0.3, -0.25) is 0 Å². The van der Waals surface area contributed by atoms with E-state index >= 15 is 0 Å². The van der Waals surface area contributed by atoms with Crippen LogP contribution in [0.4, 0.5) is 4.39 Å². The summed E-state index contributed by atoms with van der Waals surface area (Å²) in [5, 5.41) is 38.6. The summed E-state index contributed by atoms with van der Waals surface area (Å²) < 4.78 is 29.4. The minimum Gasteiger partial charge on any atom is -0.489 e. The Morgan fingerprint density at radius 2 is 1.52 bits per heavy atom. The SMILES string of the molecule is OCC1OC(OCCCCc2ccc(OCc3ccc(F)cc3)cc2)C(O)C(O)C1O. The zero-order valence-electron chi connectivity index (χ0n) is 17.1. The standard InChI is InChI=1S/C23H29FO7/c24-17-8-4-16(5-9-17)14-30-18-10-6-15(7-11-18)3-1-2-12-29-23-22(28)21(27)20(26)19(13-25)31-23/h4-11,19-23,25-28H,1-3,12-14H2. The second kappa shape index (κ2) is 11.5. The van der Waals surface area contributed by atoms with Crippen molar-refractivity contribution in [1.82, 2.24) is 0 Å². The number of hydrogen-bond acceptors (Lipinski definition) is 7. The van der Waals surface area contributed by atoms with Gasteiger partial charge < -0.3 is 34.6 Å². The maximum atomic E-state index is 12.9. The van der Waals surface area contributed by atoms with Crippen molar-refractivity contribution in [1.29, 1.82) is 0 Å². The molecule has 8 heteroatoms. The van der Waals surface area contributed by atoms with Crippen molar-refractivity contribution in [2.24, 2.45) is 0 Å². The molecule has 2 aromatic carbocycles. The van der Waals surface area contributed by atoms with Gasteiger partial charge in [-0.25, -0.2) is 4.39 Å². The molecule has 0 aromatic heterocycles. The van der Waals surface area contributed by atoms with Gasteiger partial charge in [0.1, 0.15) is 42.6 Å². The molecule has 1 fully saturated rings. The zero-order valence-corrected chi connectivity index (χ0v) is 17.1. The van der Waals surface area contributed by atoms with Crippen molar-refractivity contribution in [3.8, 4) is 5.75 Å². The van der Waals surface area contributed by atoms with Crippen LogP contribution in [0, 0.1) is 5.82 Å². The molecule has 0 spiro atoms. The quantitative estimate of drug-likeness (QED) is 0.419. The van der Waals surface area contributed by atoms with E-state index in [0.29, 0.717) is 19.6 Å². The molecule has 0 amide bonds. The fraction of sp³-hybridized carbons (Fsp3) is 0.478. The third-order valence-electron chi connectivity index (χ3n) is 5.23. The van der Waals surface area contributed by atoms with Gasteiger partial charge in [-0.05, 0) is 54.7 Å². The van der Waals surface area contributed by atoms with Crippen LogP contribution in [0.3, 0.4) is 0 Å². The average Bonchev–Trinajstić information content (AvgIpc) is 2.79. The number of benzene rings is 2. The van der Waals surface area contributed by atoms with Gasteiger partial charge in [-0.1, -0.05) is 24.3 Å². The summed E-state index contributed by atoms with van der Waals surface area (Å²) in [5.74, 6) is 0.464. The Kier molecular flexibility index (Phi) is 8.77. The smallest absolute Gasteiger partial charge is 0.186 e. The third kappa shape index (κ3) is 6.70. The van der Waals surface area contributed by atoms with Crippen molar-refractivity contribution in [3.63, 3.8) is 0 Å². The molecule has 7 nitrogen and oxygen atoms in total. The van der Waals surface area contributed by atoms with E-state index in [4.69, 9.17) is 14.2 Å². The lowest BCUT2D eigenvalue weighted by molar-refractivity contribution is -0.301. The summed E-state index contributed by atoms with van der Waals surface area (Å²) in [6.07, 6.45) is -3.87. The topological polar surface area (TPSA) is 109 Å². The minimum atomic E-state index is -1.43. The van der Waals surface area contributed by atoms with Crippen molar-refractivity contribution < 1.29 is 39.0 Å². The Labute approximate surface area is 180 Å². The van der Waals surface area contributed by atoms with Crippen LogP contribution in [-0.2, 0) is 22.5 Å². The van der Waals surface area contributed by atoms with Crippen LogP contribution in [0.2, 0.25) is 0 Å². The van der Waals surface area contributed by atoms with E-state index in [0.717, 1.165) is 29.7 Å². The van der Waals surface area contributed by atoms with Gasteiger partial charge >= 0.3 is 0 Å². The molecule has 3 rings (SSSR count). The van der Waals surface area contributed by atoms with Crippen LogP contribution in [-0.4, -0.2) is 64.3 Å². The summed E-state index contributed by atoms with van der Waals surface area (Å²) in [7, 11) is 0. The van der Waals surface area contributed by atoms with E-state index < -0.39 is 37.3 Å². The number of ether oxygens (including phenoxy) is 3. The molecule has 5 unspecified atom stereocenters. The first-order valence-corrected chi connectivity index (χ1v) is 10.4. The first kappa shape index (κ1) is 23.6. The highest BCUT2D eigenvalue weighted by atomic mass is 19.1. The number of unbranched alkanes of at least 4 members (excludes halogenated alkanes) is 1. The number of rotatable bonds is 10. The van der Waals surface area contributed by atoms with E-state index in [1.807, 2.05) is 24.3 Å². The molecule has 31 heavy (non-hydrogen) atoms. The first-order valence-electron chi connectivity index (χ1n) is 10.4. The van der Waals surface area contributed by atoms with Gasteiger partial charge in [0, 0.05) is 6.61 Å². The number of halogens is 1. The summed E-state index contributed by atoms with van der Waals surface area (Å²) in [6, 6.07) is 13.9. The number of hydrogen-bond donors (Lipinski definition) is 4. The molecule has 0 aliphatic carbocycles. The van der Waals surface area contributed by atoms with Crippen molar-refractivity contribution in [2.75, 3.05) is 13.2 Å². The monoisotopic (exact) mass is 436 g/mol. The van der Waals surface area contributed by atoms with Gasteiger partial charge in [0.2, 0.25) is 0 Å². The molecule has 0 saturated carbocycles. The highest BCUT2D eigenvalue weighted by Crippen LogP contribution is 2.22. The molecule has 170 valence electrons. The highest BCUT2D eigenvalue weighted by molar-refractivity contribution is 5.28. The molecular formula is C23H29FO7. The molecule has 1 saturated heterocycles. The van der Waals surface area contributed by atoms with E-state index in [9.17, 15) is 24.8 Å². The lowest BCUT2D eigenvalue weighted by Gasteiger charge is -2.39. The average molecular weight is 436 g/mol. The van der Waals surface area contributed by atoms with Crippen LogP contribution in [0.1, 0.15) is 24.0 Å². The predicted molar refractivity (Wildman–Crippen MR) is 110 cm³/mol. The second-order valence-electron chi connectivity index (χ2n) is 7.58. The fourth-order valence-electron chi connectivity index (χ4n) is 3.34. The predicted octanol–water partition coefficient (Wildman–Crippen LogP) is 1.54. The molecule has 5 atom stereocenters. The Hall–Kier alpha value is -2.07. The van der Waals surface area contributed by atoms with Gasteiger partial charge in [-0.15, -0.1) is 0 Å². The van der Waals surface area contributed by atoms with Gasteiger partial charge in [0.25, 0.3) is 0 Å². The molecule has 1 heterocycles. The van der Waals surface area contributed by atoms with Gasteiger partial charge in [0.05, 0.1) is 6.61 Å². The number of aliphatic hydroxyl groups excluding tert-OH is 4. The summed E-state index contributed by atoms with van der Waals surface area (Å²) in [4.78, 5) is 0. The lowest BCUT2D eigenvalue weighted by Crippen LogP contribution is -2.59. The van der Waals surface area contributed by atoms with E-state index in [1.54, 1.807) is 12.1 Å². The lowest BCUT2D eigenvalue weighted by atomic mass is 9.99. The van der Waals surface area contributed by atoms with Gasteiger partial charge in [-0.2, -0.15) is 0 Å². The van der Waals surface area contributed by atoms with Crippen molar-refractivity contribution in [3.05, 3.63) is 65.5 Å². The van der Waals surface area contributed by atoms with Crippen LogP contribution < -0.4 is 4.74 Å². The Bertz CT molecular complexity index is 782. The largest absolute Gasteiger partial charge is 0.489 e. The highest BCUT2D eigenvalue weighted by Gasteiger charge is 2.43. The normalized spacial score (nSPS) is 26.0. The second-order valence-corrected chi connectivity index (χ2v) is 7.58. The van der Waals surface area contributed by atoms with E-state index in [1.165, 1.54) is 12.1 Å². The zero-order chi connectivity index (χ0) is 22.2. The number of aryl methyl sites for hydroxylation is 1. The molecule has 1 aliphatic rings. The maximum absolute atomic E-state index is 12.9. The third-order valence-corrected chi connectivity index (χ3v) is 5.23. The summed E-state index contributed by atoms with van der Waals surface area (Å²) in [6.45, 7) is 0.199. The first-order chi connectivity index (χ1) is 15.0. The van der Waals surface area contributed by atoms with E-state index in [-0.39, 0.29) is 5.82 Å². The summed E-state index contributed by atoms with van der Waals surface area (Å²) in [5.41, 5.74) is 2.03. The summed E-state index contributed by atoms with van der Waals surface area (Å²) >= 11 is 0. The van der Waals surface area contributed by atoms with Crippen LogP contribution in [0.15, 0.2) is 48.5 Å². The maximum Gasteiger partial charge on any atom is 0.186 e. The molecule has 0 radical (unpaired) electrons. The van der Waals surface area contributed by atoms with Crippen molar-refractivity contribution in [2.45, 2.75) is 56.6 Å².